The van der Waals surface area contributed by atoms with E-state index in [0.717, 1.165) is 10.6 Å². The Labute approximate surface area is 125 Å². The first kappa shape index (κ1) is 16.8. The van der Waals surface area contributed by atoms with Crippen molar-refractivity contribution in [1.82, 2.24) is 5.32 Å². The minimum atomic E-state index is -3.44. The van der Waals surface area contributed by atoms with Crippen molar-refractivity contribution in [3.05, 3.63) is 28.8 Å². The van der Waals surface area contributed by atoms with Gasteiger partial charge in [-0.3, -0.25) is 9.10 Å². The molecule has 1 aromatic rings. The normalized spacial score (nSPS) is 12.1. The van der Waals surface area contributed by atoms with Crippen LogP contribution in [-0.4, -0.2) is 33.2 Å². The lowest BCUT2D eigenvalue weighted by molar-refractivity contribution is 0.0919. The Morgan fingerprint density at radius 3 is 2.30 bits per heavy atom. The maximum Gasteiger partial charge on any atom is 0.251 e. The van der Waals surface area contributed by atoms with Crippen LogP contribution in [0.4, 0.5) is 5.69 Å². The molecule has 0 aliphatic carbocycles. The molecule has 0 aromatic heterocycles. The summed E-state index contributed by atoms with van der Waals surface area (Å²) >= 11 is 6.00. The maximum absolute atomic E-state index is 12.1. The van der Waals surface area contributed by atoms with Gasteiger partial charge in [0.15, 0.2) is 0 Å². The van der Waals surface area contributed by atoms with Crippen molar-refractivity contribution < 1.29 is 13.2 Å². The van der Waals surface area contributed by atoms with Gasteiger partial charge in [-0.1, -0.05) is 11.6 Å². The SMILES string of the molecule is CN(c1cc(C(=O)NC(C)(C)C)ccc1Cl)S(C)(=O)=O. The zero-order valence-corrected chi connectivity index (χ0v) is 13.8. The Morgan fingerprint density at radius 2 is 1.85 bits per heavy atom. The third-order valence-corrected chi connectivity index (χ3v) is 4.04. The largest absolute Gasteiger partial charge is 0.347 e. The summed E-state index contributed by atoms with van der Waals surface area (Å²) in [5.41, 5.74) is 0.255. The highest BCUT2D eigenvalue weighted by molar-refractivity contribution is 7.92. The Morgan fingerprint density at radius 1 is 1.30 bits per heavy atom. The van der Waals surface area contributed by atoms with Gasteiger partial charge in [0.05, 0.1) is 17.0 Å². The summed E-state index contributed by atoms with van der Waals surface area (Å²) in [6.07, 6.45) is 1.07. The van der Waals surface area contributed by atoms with Crippen LogP contribution in [0.5, 0.6) is 0 Å². The number of carbonyl (C=O) groups is 1. The summed E-state index contributed by atoms with van der Waals surface area (Å²) in [4.78, 5) is 12.1. The molecule has 7 heteroatoms. The number of halogens is 1. The first-order valence-corrected chi connectivity index (χ1v) is 8.20. The second-order valence-electron chi connectivity index (χ2n) is 5.60. The monoisotopic (exact) mass is 318 g/mol. The highest BCUT2D eigenvalue weighted by Gasteiger charge is 2.19. The number of benzene rings is 1. The van der Waals surface area contributed by atoms with Crippen LogP contribution < -0.4 is 9.62 Å². The zero-order chi connectivity index (χ0) is 15.7. The third-order valence-electron chi connectivity index (χ3n) is 2.53. The first-order valence-electron chi connectivity index (χ1n) is 5.98. The molecule has 0 heterocycles. The lowest BCUT2D eigenvalue weighted by Crippen LogP contribution is -2.40. The number of amides is 1. The molecule has 1 amide bonds. The van der Waals surface area contributed by atoms with Crippen LogP contribution in [0.3, 0.4) is 0 Å². The van der Waals surface area contributed by atoms with Gasteiger partial charge < -0.3 is 5.32 Å². The van der Waals surface area contributed by atoms with Crippen molar-refractivity contribution in [1.29, 1.82) is 0 Å². The van der Waals surface area contributed by atoms with Gasteiger partial charge >= 0.3 is 0 Å². The van der Waals surface area contributed by atoms with E-state index in [2.05, 4.69) is 5.32 Å². The van der Waals surface area contributed by atoms with Crippen molar-refractivity contribution in [2.45, 2.75) is 26.3 Å². The van der Waals surface area contributed by atoms with E-state index in [9.17, 15) is 13.2 Å². The van der Waals surface area contributed by atoms with Gasteiger partial charge in [-0.25, -0.2) is 8.42 Å². The standard InChI is InChI=1S/C13H19ClN2O3S/c1-13(2,3)15-12(17)9-6-7-10(14)11(8-9)16(4)20(5,18)19/h6-8H,1-5H3,(H,15,17). The number of carbonyl (C=O) groups excluding carboxylic acids is 1. The Kier molecular flexibility index (Phi) is 4.71. The van der Waals surface area contributed by atoms with E-state index in [4.69, 9.17) is 11.6 Å². The number of rotatable bonds is 3. The average molecular weight is 319 g/mol. The molecule has 0 atom stereocenters. The predicted octanol–water partition coefficient (Wildman–Crippen LogP) is 2.26. The molecule has 5 nitrogen and oxygen atoms in total. The minimum Gasteiger partial charge on any atom is -0.347 e. The van der Waals surface area contributed by atoms with Crippen molar-refractivity contribution >= 4 is 33.2 Å². The first-order chi connectivity index (χ1) is 8.92. The molecular formula is C13H19ClN2O3S. The van der Waals surface area contributed by atoms with Gasteiger partial charge in [0.25, 0.3) is 5.91 Å². The molecule has 0 fully saturated rings. The van der Waals surface area contributed by atoms with Crippen LogP contribution in [0.15, 0.2) is 18.2 Å². The van der Waals surface area contributed by atoms with Gasteiger partial charge in [-0.2, -0.15) is 0 Å². The molecule has 0 saturated carbocycles. The summed E-state index contributed by atoms with van der Waals surface area (Å²) in [5.74, 6) is -0.280. The van der Waals surface area contributed by atoms with E-state index >= 15 is 0 Å². The lowest BCUT2D eigenvalue weighted by Gasteiger charge is -2.22. The Balaban J connectivity index is 3.19. The average Bonchev–Trinajstić information content (AvgIpc) is 2.25. The summed E-state index contributed by atoms with van der Waals surface area (Å²) in [6, 6.07) is 4.53. The molecule has 0 radical (unpaired) electrons. The number of hydrogen-bond acceptors (Lipinski definition) is 3. The second-order valence-corrected chi connectivity index (χ2v) is 8.02. The van der Waals surface area contributed by atoms with Crippen molar-refractivity contribution in [3.8, 4) is 0 Å². The number of nitrogens with one attached hydrogen (secondary N) is 1. The molecule has 0 unspecified atom stereocenters. The van der Waals surface area contributed by atoms with E-state index in [0.29, 0.717) is 5.56 Å². The molecule has 112 valence electrons. The zero-order valence-electron chi connectivity index (χ0n) is 12.2. The molecule has 0 saturated heterocycles. The number of anilines is 1. The summed E-state index contributed by atoms with van der Waals surface area (Å²) < 4.78 is 24.2. The second kappa shape index (κ2) is 5.61. The number of nitrogens with zero attached hydrogens (tertiary/aromatic N) is 1. The van der Waals surface area contributed by atoms with E-state index in [1.165, 1.54) is 19.2 Å². The van der Waals surface area contributed by atoms with Gasteiger partial charge in [-0.15, -0.1) is 0 Å². The molecule has 1 rings (SSSR count). The molecule has 0 aliphatic rings. The van der Waals surface area contributed by atoms with Crippen LogP contribution in [0.2, 0.25) is 5.02 Å². The fraction of sp³-hybridized carbons (Fsp3) is 0.462. The van der Waals surface area contributed by atoms with E-state index in [-0.39, 0.29) is 22.2 Å². The van der Waals surface area contributed by atoms with Crippen LogP contribution >= 0.6 is 11.6 Å². The summed E-state index contributed by atoms with van der Waals surface area (Å²) in [5, 5.41) is 3.08. The van der Waals surface area contributed by atoms with Crippen LogP contribution in [0.25, 0.3) is 0 Å². The van der Waals surface area contributed by atoms with Crippen molar-refractivity contribution in [2.24, 2.45) is 0 Å². The van der Waals surface area contributed by atoms with Crippen LogP contribution in [0, 0.1) is 0 Å². The topological polar surface area (TPSA) is 66.5 Å². The molecular weight excluding hydrogens is 300 g/mol. The van der Waals surface area contributed by atoms with Crippen molar-refractivity contribution in [2.75, 3.05) is 17.6 Å². The van der Waals surface area contributed by atoms with Gasteiger partial charge in [-0.05, 0) is 39.0 Å². The molecule has 1 N–H and O–H groups in total. The molecule has 0 spiro atoms. The number of sulfonamides is 1. The molecule has 0 aliphatic heterocycles. The smallest absolute Gasteiger partial charge is 0.251 e. The molecule has 1 aromatic carbocycles. The fourth-order valence-corrected chi connectivity index (χ4v) is 2.29. The van der Waals surface area contributed by atoms with E-state index in [1.807, 2.05) is 20.8 Å². The predicted molar refractivity (Wildman–Crippen MR) is 81.9 cm³/mol. The van der Waals surface area contributed by atoms with Crippen LogP contribution in [0.1, 0.15) is 31.1 Å². The Bertz CT molecular complexity index is 621. The quantitative estimate of drug-likeness (QED) is 0.929. The highest BCUT2D eigenvalue weighted by atomic mass is 35.5. The van der Waals surface area contributed by atoms with Gasteiger partial charge in [0.1, 0.15) is 0 Å². The lowest BCUT2D eigenvalue weighted by atomic mass is 10.1. The Hall–Kier alpha value is -1.27. The maximum atomic E-state index is 12.1. The van der Waals surface area contributed by atoms with E-state index < -0.39 is 10.0 Å². The van der Waals surface area contributed by atoms with E-state index in [1.54, 1.807) is 6.07 Å². The highest BCUT2D eigenvalue weighted by Crippen LogP contribution is 2.27. The summed E-state index contributed by atoms with van der Waals surface area (Å²) in [7, 11) is -2.05. The van der Waals surface area contributed by atoms with Gasteiger partial charge in [0, 0.05) is 18.2 Å². The fourth-order valence-electron chi connectivity index (χ4n) is 1.49. The van der Waals surface area contributed by atoms with Crippen molar-refractivity contribution in [3.63, 3.8) is 0 Å². The number of hydrogen-bond donors (Lipinski definition) is 1. The van der Waals surface area contributed by atoms with Gasteiger partial charge in [0.2, 0.25) is 10.0 Å². The molecule has 0 bridgehead atoms. The van der Waals surface area contributed by atoms with Crippen LogP contribution in [-0.2, 0) is 10.0 Å². The minimum absolute atomic E-state index is 0.269. The third kappa shape index (κ3) is 4.38. The molecule has 20 heavy (non-hydrogen) atoms. The summed E-state index contributed by atoms with van der Waals surface area (Å²) in [6.45, 7) is 5.60.